The van der Waals surface area contributed by atoms with E-state index in [4.69, 9.17) is 21.5 Å². The molecule has 4 N–H and O–H groups in total. The van der Waals surface area contributed by atoms with E-state index in [0.717, 1.165) is 10.5 Å². The summed E-state index contributed by atoms with van der Waals surface area (Å²) in [6.45, 7) is 1.82. The summed E-state index contributed by atoms with van der Waals surface area (Å²) >= 11 is 6.22. The van der Waals surface area contributed by atoms with Crippen molar-refractivity contribution in [1.29, 1.82) is 0 Å². The molecule has 0 unspecified atom stereocenters. The van der Waals surface area contributed by atoms with Gasteiger partial charge in [0.2, 0.25) is 10.0 Å². The van der Waals surface area contributed by atoms with Crippen molar-refractivity contribution in [2.45, 2.75) is 11.8 Å². The van der Waals surface area contributed by atoms with Gasteiger partial charge in [-0.15, -0.1) is 0 Å². The lowest BCUT2D eigenvalue weighted by atomic mass is 10.1. The molecule has 1 aliphatic rings. The molecule has 1 aliphatic heterocycles. The van der Waals surface area contributed by atoms with Gasteiger partial charge in [0.05, 0.1) is 17.7 Å². The lowest BCUT2D eigenvalue weighted by Gasteiger charge is -2.18. The molecule has 4 rings (SSSR count). The monoisotopic (exact) mass is 540 g/mol. The Balaban J connectivity index is 1.48. The van der Waals surface area contributed by atoms with Gasteiger partial charge in [0.1, 0.15) is 16.5 Å². The first-order chi connectivity index (χ1) is 17.5. The lowest BCUT2D eigenvalue weighted by molar-refractivity contribution is -0.120. The molecule has 37 heavy (non-hydrogen) atoms. The van der Waals surface area contributed by atoms with Crippen LogP contribution in [-0.4, -0.2) is 33.2 Å². The Morgan fingerprint density at radius 1 is 0.946 bits per heavy atom. The Labute approximate surface area is 217 Å². The predicted octanol–water partition coefficient (Wildman–Crippen LogP) is 3.34. The number of imide groups is 1. The number of carbonyl (C=O) groups is 3. The zero-order valence-corrected chi connectivity index (χ0v) is 21.2. The molecule has 10 nitrogen and oxygen atoms in total. The van der Waals surface area contributed by atoms with E-state index in [0.29, 0.717) is 22.7 Å². The van der Waals surface area contributed by atoms with Crippen LogP contribution in [0.4, 0.5) is 17.1 Å². The average molecular weight is 541 g/mol. The van der Waals surface area contributed by atoms with Gasteiger partial charge in [0, 0.05) is 16.9 Å². The normalized spacial score (nSPS) is 13.7. The summed E-state index contributed by atoms with van der Waals surface area (Å²) in [6, 6.07) is 16.6. The van der Waals surface area contributed by atoms with Crippen LogP contribution in [-0.2, 0) is 19.6 Å². The molecular formula is C25H21ClN4O6S. The average Bonchev–Trinajstić information content (AvgIpc) is 3.07. The number of nitrogens with zero attached hydrogens (tertiary/aromatic N) is 1. The van der Waals surface area contributed by atoms with Crippen LogP contribution >= 0.6 is 11.6 Å². The number of ether oxygens (including phenoxy) is 1. The Hall–Kier alpha value is -4.19. The molecule has 12 heteroatoms. The molecule has 0 saturated heterocycles. The third-order valence-corrected chi connectivity index (χ3v) is 6.74. The Bertz CT molecular complexity index is 1550. The molecule has 0 fully saturated rings. The van der Waals surface area contributed by atoms with Gasteiger partial charge in [-0.05, 0) is 73.2 Å². The molecule has 0 saturated carbocycles. The molecule has 0 spiro atoms. The number of rotatable bonds is 7. The largest absolute Gasteiger partial charge is 0.495 e. The minimum Gasteiger partial charge on any atom is -0.495 e. The quantitative estimate of drug-likeness (QED) is 0.389. The van der Waals surface area contributed by atoms with Gasteiger partial charge in [-0.3, -0.25) is 14.4 Å². The second kappa shape index (κ2) is 10.1. The van der Waals surface area contributed by atoms with Gasteiger partial charge in [-0.1, -0.05) is 17.7 Å². The first kappa shape index (κ1) is 25.9. The number of methoxy groups -OCH3 is 1. The van der Waals surface area contributed by atoms with Gasteiger partial charge in [0.15, 0.2) is 0 Å². The third-order valence-electron chi connectivity index (χ3n) is 5.46. The predicted molar refractivity (Wildman–Crippen MR) is 139 cm³/mol. The number of nitrogens with one attached hydrogen (secondary N) is 2. The maximum atomic E-state index is 13.1. The van der Waals surface area contributed by atoms with Crippen molar-refractivity contribution in [2.75, 3.05) is 22.6 Å². The van der Waals surface area contributed by atoms with Crippen LogP contribution in [0.5, 0.6) is 5.75 Å². The fraction of sp³-hybridized carbons (Fsp3) is 0.0800. The zero-order chi connectivity index (χ0) is 26.9. The third kappa shape index (κ3) is 5.33. The Morgan fingerprint density at radius 2 is 1.57 bits per heavy atom. The highest BCUT2D eigenvalue weighted by atomic mass is 35.5. The van der Waals surface area contributed by atoms with E-state index in [-0.39, 0.29) is 21.3 Å². The summed E-state index contributed by atoms with van der Waals surface area (Å²) in [5.74, 6) is -1.45. The van der Waals surface area contributed by atoms with Crippen molar-refractivity contribution in [3.63, 3.8) is 0 Å². The number of anilines is 3. The summed E-state index contributed by atoms with van der Waals surface area (Å²) in [7, 11) is -2.40. The Kier molecular flexibility index (Phi) is 7.03. The number of amides is 3. The van der Waals surface area contributed by atoms with Crippen LogP contribution in [0.3, 0.4) is 0 Å². The van der Waals surface area contributed by atoms with Crippen LogP contribution in [0, 0.1) is 6.92 Å². The van der Waals surface area contributed by atoms with E-state index in [9.17, 15) is 22.8 Å². The van der Waals surface area contributed by atoms with E-state index in [2.05, 4.69) is 10.6 Å². The number of halogens is 1. The van der Waals surface area contributed by atoms with Crippen molar-refractivity contribution < 1.29 is 27.5 Å². The number of primary sulfonamides is 1. The van der Waals surface area contributed by atoms with Crippen molar-refractivity contribution in [1.82, 2.24) is 0 Å². The molecule has 0 bridgehead atoms. The number of benzene rings is 3. The molecule has 0 aliphatic carbocycles. The molecule has 3 aromatic carbocycles. The van der Waals surface area contributed by atoms with Crippen LogP contribution < -0.4 is 25.4 Å². The van der Waals surface area contributed by atoms with Crippen LogP contribution in [0.15, 0.2) is 82.4 Å². The van der Waals surface area contributed by atoms with Crippen LogP contribution in [0.25, 0.3) is 0 Å². The molecule has 0 atom stereocenters. The van der Waals surface area contributed by atoms with Crippen molar-refractivity contribution in [2.24, 2.45) is 5.14 Å². The second-order valence-corrected chi connectivity index (χ2v) is 9.98. The van der Waals surface area contributed by atoms with Gasteiger partial charge in [-0.2, -0.15) is 0 Å². The maximum absolute atomic E-state index is 13.1. The van der Waals surface area contributed by atoms with Gasteiger partial charge < -0.3 is 15.4 Å². The molecule has 0 aromatic heterocycles. The summed E-state index contributed by atoms with van der Waals surface area (Å²) in [5, 5.41) is 10.3. The minimum absolute atomic E-state index is 0.0757. The minimum atomic E-state index is -3.84. The highest BCUT2D eigenvalue weighted by Crippen LogP contribution is 2.36. The Morgan fingerprint density at radius 3 is 2.16 bits per heavy atom. The summed E-state index contributed by atoms with van der Waals surface area (Å²) in [6.07, 6.45) is 0. The number of aryl methyl sites for hydroxylation is 1. The van der Waals surface area contributed by atoms with Crippen molar-refractivity contribution in [3.8, 4) is 5.75 Å². The first-order valence-electron chi connectivity index (χ1n) is 10.7. The fourth-order valence-corrected chi connectivity index (χ4v) is 4.31. The first-order valence-corrected chi connectivity index (χ1v) is 12.7. The molecule has 0 radical (unpaired) electrons. The fourth-order valence-electron chi connectivity index (χ4n) is 3.59. The highest BCUT2D eigenvalue weighted by molar-refractivity contribution is 7.89. The molecule has 3 aromatic rings. The number of nitrogens with two attached hydrogens (primary N) is 1. The van der Waals surface area contributed by atoms with Gasteiger partial charge >= 0.3 is 0 Å². The SMILES string of the molecule is COc1ccc(C)cc1N1C(=O)C(Cl)=C(Nc2ccc(C(=O)Nc3ccc(S(N)(=O)=O)cc3)cc2)C1=O. The number of carbonyl (C=O) groups excluding carboxylic acids is 3. The maximum Gasteiger partial charge on any atom is 0.283 e. The van der Waals surface area contributed by atoms with Gasteiger partial charge in [0.25, 0.3) is 17.7 Å². The summed E-state index contributed by atoms with van der Waals surface area (Å²) < 4.78 is 28.0. The van der Waals surface area contributed by atoms with E-state index in [1.54, 1.807) is 30.3 Å². The highest BCUT2D eigenvalue weighted by Gasteiger charge is 2.40. The summed E-state index contributed by atoms with van der Waals surface area (Å²) in [4.78, 5) is 39.4. The zero-order valence-electron chi connectivity index (χ0n) is 19.6. The topological polar surface area (TPSA) is 148 Å². The standard InChI is InChI=1S/C25H21ClN4O6S/c1-14-3-12-20(36-2)19(13-14)30-24(32)21(26)22(25(30)33)28-16-6-4-15(5-7-16)23(31)29-17-8-10-18(11-9-17)37(27,34)35/h3-13,28H,1-2H3,(H,29,31)(H2,27,34,35). The molecular weight excluding hydrogens is 520 g/mol. The molecule has 3 amide bonds. The number of sulfonamides is 1. The van der Waals surface area contributed by atoms with Crippen LogP contribution in [0.1, 0.15) is 15.9 Å². The smallest absolute Gasteiger partial charge is 0.283 e. The number of hydrogen-bond acceptors (Lipinski definition) is 7. The number of hydrogen-bond donors (Lipinski definition) is 3. The second-order valence-electron chi connectivity index (χ2n) is 8.04. The van der Waals surface area contributed by atoms with Crippen molar-refractivity contribution >= 4 is 56.4 Å². The van der Waals surface area contributed by atoms with E-state index in [1.165, 1.54) is 43.5 Å². The molecule has 1 heterocycles. The van der Waals surface area contributed by atoms with E-state index < -0.39 is 27.7 Å². The van der Waals surface area contributed by atoms with Crippen LogP contribution in [0.2, 0.25) is 0 Å². The van der Waals surface area contributed by atoms with E-state index in [1.807, 2.05) is 6.92 Å². The summed E-state index contributed by atoms with van der Waals surface area (Å²) in [5.41, 5.74) is 2.07. The van der Waals surface area contributed by atoms with E-state index >= 15 is 0 Å². The molecule has 190 valence electrons. The van der Waals surface area contributed by atoms with Gasteiger partial charge in [-0.25, -0.2) is 18.5 Å². The van der Waals surface area contributed by atoms with Crippen molar-refractivity contribution in [3.05, 3.63) is 88.6 Å². The lowest BCUT2D eigenvalue weighted by Crippen LogP contribution is -2.32.